The third kappa shape index (κ3) is 4.13. The van der Waals surface area contributed by atoms with Crippen molar-refractivity contribution in [3.05, 3.63) is 40.2 Å². The van der Waals surface area contributed by atoms with Crippen molar-refractivity contribution in [2.24, 2.45) is 0 Å². The van der Waals surface area contributed by atoms with Gasteiger partial charge in [-0.25, -0.2) is 4.98 Å². The normalized spacial score (nSPS) is 15.6. The number of carbonyl (C=O) groups is 2. The van der Waals surface area contributed by atoms with E-state index >= 15 is 0 Å². The number of anilines is 2. The molecule has 3 N–H and O–H groups in total. The van der Waals surface area contributed by atoms with Gasteiger partial charge in [-0.15, -0.1) is 0 Å². The third-order valence-corrected chi connectivity index (χ3v) is 5.13. The van der Waals surface area contributed by atoms with Crippen LogP contribution in [0.2, 0.25) is 0 Å². The van der Waals surface area contributed by atoms with Crippen molar-refractivity contribution in [2.75, 3.05) is 23.5 Å². The molecule has 1 aliphatic heterocycles. The fraction of sp³-hybridized carbons (Fsp3) is 0.333. The Labute approximate surface area is 160 Å². The molecule has 1 atom stereocenters. The van der Waals surface area contributed by atoms with Gasteiger partial charge >= 0.3 is 0 Å². The number of thioether (sulfide) groups is 1. The second kappa shape index (κ2) is 8.26. The zero-order valence-electron chi connectivity index (χ0n) is 15.0. The highest BCUT2D eigenvalue weighted by Gasteiger charge is 2.35. The van der Waals surface area contributed by atoms with Gasteiger partial charge < -0.3 is 20.4 Å². The van der Waals surface area contributed by atoms with E-state index in [4.69, 9.17) is 4.74 Å². The van der Waals surface area contributed by atoms with E-state index in [-0.39, 0.29) is 23.7 Å². The Morgan fingerprint density at radius 1 is 1.37 bits per heavy atom. The van der Waals surface area contributed by atoms with Gasteiger partial charge in [-0.05, 0) is 18.6 Å². The standard InChI is InChI=1S/C18H20N4O4S/c1-3-8-27-18-21-15-14(17(25)22-18)10(9-13(23)20-15)16(24)19-11-6-4-5-7-12(11)26-2/h4-7,10H,3,8-9H2,1-2H3,(H,19,24)(H2,20,21,22,23,25)/t10-/m1/s1. The molecule has 0 spiro atoms. The number of carbonyl (C=O) groups excluding carboxylic acids is 2. The lowest BCUT2D eigenvalue weighted by molar-refractivity contribution is -0.123. The number of aromatic amines is 1. The van der Waals surface area contributed by atoms with Gasteiger partial charge in [0.05, 0.1) is 24.3 Å². The molecular formula is C18H20N4O4S. The summed E-state index contributed by atoms with van der Waals surface area (Å²) in [6.07, 6.45) is 0.794. The minimum absolute atomic E-state index is 0.125. The molecule has 142 valence electrons. The molecular weight excluding hydrogens is 368 g/mol. The van der Waals surface area contributed by atoms with Gasteiger partial charge in [-0.3, -0.25) is 14.4 Å². The van der Waals surface area contributed by atoms with Crippen LogP contribution in [0.3, 0.4) is 0 Å². The van der Waals surface area contributed by atoms with Crippen LogP contribution in [0.4, 0.5) is 11.5 Å². The number of benzene rings is 1. The summed E-state index contributed by atoms with van der Waals surface area (Å²) in [5.41, 5.74) is 0.221. The molecule has 3 rings (SSSR count). The number of H-pyrrole nitrogens is 1. The van der Waals surface area contributed by atoms with Crippen LogP contribution in [0, 0.1) is 0 Å². The maximum absolute atomic E-state index is 12.8. The van der Waals surface area contributed by atoms with Crippen LogP contribution < -0.4 is 20.9 Å². The number of para-hydroxylation sites is 2. The van der Waals surface area contributed by atoms with Gasteiger partial charge in [0, 0.05) is 12.2 Å². The number of amides is 2. The summed E-state index contributed by atoms with van der Waals surface area (Å²) in [7, 11) is 1.50. The first-order chi connectivity index (χ1) is 13.0. The highest BCUT2D eigenvalue weighted by Crippen LogP contribution is 2.31. The lowest BCUT2D eigenvalue weighted by Crippen LogP contribution is -2.36. The molecule has 1 aliphatic rings. The minimum Gasteiger partial charge on any atom is -0.495 e. The summed E-state index contributed by atoms with van der Waals surface area (Å²) in [6, 6.07) is 6.93. The average molecular weight is 388 g/mol. The molecule has 0 aliphatic carbocycles. The summed E-state index contributed by atoms with van der Waals surface area (Å²) < 4.78 is 5.22. The van der Waals surface area contributed by atoms with Gasteiger partial charge in [0.15, 0.2) is 5.16 Å². The average Bonchev–Trinajstić information content (AvgIpc) is 2.65. The number of rotatable bonds is 6. The maximum atomic E-state index is 12.8. The molecule has 8 nitrogen and oxygen atoms in total. The van der Waals surface area contributed by atoms with Crippen molar-refractivity contribution in [1.29, 1.82) is 0 Å². The molecule has 0 saturated heterocycles. The van der Waals surface area contributed by atoms with Crippen LogP contribution in [-0.4, -0.2) is 34.6 Å². The van der Waals surface area contributed by atoms with Crippen LogP contribution in [0.25, 0.3) is 0 Å². The Bertz CT molecular complexity index is 928. The number of hydrogen-bond acceptors (Lipinski definition) is 6. The maximum Gasteiger partial charge on any atom is 0.257 e. The molecule has 9 heteroatoms. The molecule has 2 amide bonds. The van der Waals surface area contributed by atoms with Crippen molar-refractivity contribution in [3.63, 3.8) is 0 Å². The van der Waals surface area contributed by atoms with E-state index in [1.54, 1.807) is 24.3 Å². The van der Waals surface area contributed by atoms with Crippen molar-refractivity contribution in [1.82, 2.24) is 9.97 Å². The fourth-order valence-corrected chi connectivity index (χ4v) is 3.53. The Morgan fingerprint density at radius 2 is 2.15 bits per heavy atom. The van der Waals surface area contributed by atoms with E-state index in [1.165, 1.54) is 18.9 Å². The van der Waals surface area contributed by atoms with E-state index in [0.717, 1.165) is 12.2 Å². The van der Waals surface area contributed by atoms with Crippen LogP contribution >= 0.6 is 11.8 Å². The van der Waals surface area contributed by atoms with Gasteiger partial charge in [0.2, 0.25) is 11.8 Å². The number of methoxy groups -OCH3 is 1. The van der Waals surface area contributed by atoms with Crippen LogP contribution in [0.15, 0.2) is 34.2 Å². The molecule has 2 aromatic rings. The molecule has 1 aromatic heterocycles. The molecule has 0 saturated carbocycles. The molecule has 27 heavy (non-hydrogen) atoms. The second-order valence-corrected chi connectivity index (χ2v) is 7.06. The van der Waals surface area contributed by atoms with Crippen LogP contribution in [0.5, 0.6) is 5.75 Å². The number of aromatic nitrogens is 2. The number of ether oxygens (including phenoxy) is 1. The highest BCUT2D eigenvalue weighted by molar-refractivity contribution is 7.99. The van der Waals surface area contributed by atoms with E-state index in [1.807, 2.05) is 6.92 Å². The quantitative estimate of drug-likeness (QED) is 0.517. The Kier molecular flexibility index (Phi) is 5.80. The summed E-state index contributed by atoms with van der Waals surface area (Å²) in [6.45, 7) is 2.02. The topological polar surface area (TPSA) is 113 Å². The Hall–Kier alpha value is -2.81. The van der Waals surface area contributed by atoms with Gasteiger partial charge in [0.1, 0.15) is 11.6 Å². The smallest absolute Gasteiger partial charge is 0.257 e. The van der Waals surface area contributed by atoms with Crippen LogP contribution in [0.1, 0.15) is 31.2 Å². The summed E-state index contributed by atoms with van der Waals surface area (Å²) >= 11 is 1.39. The molecule has 1 aromatic carbocycles. The summed E-state index contributed by atoms with van der Waals surface area (Å²) in [4.78, 5) is 44.5. The third-order valence-electron chi connectivity index (χ3n) is 4.05. The summed E-state index contributed by atoms with van der Waals surface area (Å²) in [5.74, 6) is -0.324. The summed E-state index contributed by atoms with van der Waals surface area (Å²) in [5, 5.41) is 5.76. The van der Waals surface area contributed by atoms with E-state index in [9.17, 15) is 14.4 Å². The fourth-order valence-electron chi connectivity index (χ4n) is 2.81. The van der Waals surface area contributed by atoms with Crippen molar-refractivity contribution < 1.29 is 14.3 Å². The number of nitrogens with zero attached hydrogens (tertiary/aromatic N) is 1. The predicted molar refractivity (Wildman–Crippen MR) is 103 cm³/mol. The number of fused-ring (bicyclic) bond motifs is 1. The molecule has 2 heterocycles. The zero-order valence-corrected chi connectivity index (χ0v) is 15.8. The lowest BCUT2D eigenvalue weighted by atomic mass is 9.92. The zero-order chi connectivity index (χ0) is 19.4. The van der Waals surface area contributed by atoms with E-state index in [0.29, 0.717) is 16.6 Å². The predicted octanol–water partition coefficient (Wildman–Crippen LogP) is 2.35. The first-order valence-electron chi connectivity index (χ1n) is 8.54. The van der Waals surface area contributed by atoms with E-state index < -0.39 is 17.4 Å². The van der Waals surface area contributed by atoms with Gasteiger partial charge in [-0.2, -0.15) is 0 Å². The Balaban J connectivity index is 1.92. The molecule has 0 unspecified atom stereocenters. The molecule has 0 fully saturated rings. The highest BCUT2D eigenvalue weighted by atomic mass is 32.2. The van der Waals surface area contributed by atoms with Gasteiger partial charge in [-0.1, -0.05) is 30.8 Å². The van der Waals surface area contributed by atoms with Crippen molar-refractivity contribution >= 4 is 35.1 Å². The Morgan fingerprint density at radius 3 is 2.89 bits per heavy atom. The minimum atomic E-state index is -0.930. The second-order valence-electron chi connectivity index (χ2n) is 5.98. The number of nitrogens with one attached hydrogen (secondary N) is 3. The molecule has 0 bridgehead atoms. The van der Waals surface area contributed by atoms with Crippen LogP contribution in [-0.2, 0) is 9.59 Å². The largest absolute Gasteiger partial charge is 0.495 e. The van der Waals surface area contributed by atoms with Crippen molar-refractivity contribution in [3.8, 4) is 5.75 Å². The lowest BCUT2D eigenvalue weighted by Gasteiger charge is -2.23. The first kappa shape index (κ1) is 19.0. The number of hydrogen-bond donors (Lipinski definition) is 3. The van der Waals surface area contributed by atoms with E-state index in [2.05, 4.69) is 20.6 Å². The SMILES string of the molecule is CCCSc1nc2c(c(=O)[nH]1)[C@H](C(=O)Nc1ccccc1OC)CC(=O)N2. The first-order valence-corrected chi connectivity index (χ1v) is 9.52. The van der Waals surface area contributed by atoms with Gasteiger partial charge in [0.25, 0.3) is 5.56 Å². The molecule has 0 radical (unpaired) electrons. The monoisotopic (exact) mass is 388 g/mol. The van der Waals surface area contributed by atoms with Crippen molar-refractivity contribution in [2.45, 2.75) is 30.8 Å².